The number of halogens is 2. The second-order valence-corrected chi connectivity index (χ2v) is 6.09. The van der Waals surface area contributed by atoms with E-state index in [0.29, 0.717) is 12.3 Å². The van der Waals surface area contributed by atoms with Crippen molar-refractivity contribution in [2.24, 2.45) is 11.8 Å². The maximum atomic E-state index is 13.1. The van der Waals surface area contributed by atoms with Crippen molar-refractivity contribution in [3.05, 3.63) is 34.6 Å². The molecule has 0 aromatic heterocycles. The molecule has 3 unspecified atom stereocenters. The van der Waals surface area contributed by atoms with Crippen molar-refractivity contribution in [2.45, 2.75) is 45.1 Å². The van der Waals surface area contributed by atoms with Gasteiger partial charge in [-0.1, -0.05) is 44.4 Å². The Kier molecular flexibility index (Phi) is 3.98. The first kappa shape index (κ1) is 13.8. The van der Waals surface area contributed by atoms with E-state index in [0.717, 1.165) is 18.4 Å². The molecule has 0 amide bonds. The van der Waals surface area contributed by atoms with Gasteiger partial charge in [0, 0.05) is 6.42 Å². The summed E-state index contributed by atoms with van der Waals surface area (Å²) >= 11 is 5.79. The Morgan fingerprint density at radius 1 is 1.44 bits per heavy atom. The molecule has 0 bridgehead atoms. The molecule has 1 saturated carbocycles. The van der Waals surface area contributed by atoms with Crippen LogP contribution in [0, 0.1) is 17.7 Å². The van der Waals surface area contributed by atoms with E-state index in [4.69, 9.17) is 11.6 Å². The summed E-state index contributed by atoms with van der Waals surface area (Å²) in [5.41, 5.74) is 0.226. The lowest BCUT2D eigenvalue weighted by Crippen LogP contribution is -2.44. The van der Waals surface area contributed by atoms with Crippen molar-refractivity contribution in [1.29, 1.82) is 0 Å². The van der Waals surface area contributed by atoms with Crippen molar-refractivity contribution in [3.63, 3.8) is 0 Å². The summed E-state index contributed by atoms with van der Waals surface area (Å²) in [6.07, 6.45) is 3.59. The second-order valence-electron chi connectivity index (χ2n) is 5.69. The lowest BCUT2D eigenvalue weighted by atomic mass is 9.68. The molecule has 18 heavy (non-hydrogen) atoms. The van der Waals surface area contributed by atoms with Gasteiger partial charge in [0.2, 0.25) is 0 Å². The summed E-state index contributed by atoms with van der Waals surface area (Å²) in [5.74, 6) is 0.382. The molecule has 0 saturated heterocycles. The van der Waals surface area contributed by atoms with Crippen LogP contribution in [0.25, 0.3) is 0 Å². The number of rotatable bonds is 2. The summed E-state index contributed by atoms with van der Waals surface area (Å²) < 4.78 is 13.1. The van der Waals surface area contributed by atoms with Gasteiger partial charge in [0.05, 0.1) is 10.6 Å². The highest BCUT2D eigenvalue weighted by molar-refractivity contribution is 6.30. The van der Waals surface area contributed by atoms with Gasteiger partial charge in [0.1, 0.15) is 5.82 Å². The average Bonchev–Trinajstić information content (AvgIpc) is 2.31. The maximum absolute atomic E-state index is 13.1. The quantitative estimate of drug-likeness (QED) is 0.854. The fourth-order valence-corrected chi connectivity index (χ4v) is 3.19. The van der Waals surface area contributed by atoms with Crippen molar-refractivity contribution in [2.75, 3.05) is 0 Å². The van der Waals surface area contributed by atoms with Crippen LogP contribution in [0.2, 0.25) is 5.02 Å². The van der Waals surface area contributed by atoms with Gasteiger partial charge < -0.3 is 5.11 Å². The fraction of sp³-hybridized carbons (Fsp3) is 0.600. The molecule has 3 heteroatoms. The minimum atomic E-state index is -0.682. The molecule has 2 rings (SSSR count). The van der Waals surface area contributed by atoms with Crippen molar-refractivity contribution in [3.8, 4) is 0 Å². The van der Waals surface area contributed by atoms with Gasteiger partial charge in [-0.25, -0.2) is 4.39 Å². The van der Waals surface area contributed by atoms with Gasteiger partial charge in [-0.15, -0.1) is 0 Å². The van der Waals surface area contributed by atoms with Crippen LogP contribution < -0.4 is 0 Å². The standard InChI is InChI=1S/C15H20ClFO/c1-10-4-3-7-15(18,11(10)2)9-12-5-6-14(17)13(16)8-12/h5-6,8,10-11,18H,3-4,7,9H2,1-2H3. The van der Waals surface area contributed by atoms with Gasteiger partial charge >= 0.3 is 0 Å². The predicted molar refractivity (Wildman–Crippen MR) is 72.2 cm³/mol. The Morgan fingerprint density at radius 3 is 2.83 bits per heavy atom. The summed E-state index contributed by atoms with van der Waals surface area (Å²) in [4.78, 5) is 0. The zero-order valence-corrected chi connectivity index (χ0v) is 11.7. The van der Waals surface area contributed by atoms with Crippen molar-refractivity contribution < 1.29 is 9.50 Å². The van der Waals surface area contributed by atoms with E-state index in [9.17, 15) is 9.50 Å². The van der Waals surface area contributed by atoms with E-state index in [-0.39, 0.29) is 10.9 Å². The first-order valence-corrected chi connectivity index (χ1v) is 6.96. The molecule has 1 aromatic rings. The molecule has 0 spiro atoms. The zero-order chi connectivity index (χ0) is 13.3. The lowest BCUT2D eigenvalue weighted by molar-refractivity contribution is -0.0620. The highest BCUT2D eigenvalue weighted by atomic mass is 35.5. The van der Waals surface area contributed by atoms with Crippen LogP contribution in [-0.2, 0) is 6.42 Å². The van der Waals surface area contributed by atoms with Crippen LogP contribution in [0.1, 0.15) is 38.7 Å². The molecule has 1 aliphatic carbocycles. The SMILES string of the molecule is CC1CCCC(O)(Cc2ccc(F)c(Cl)c2)C1C. The molecule has 1 nitrogen and oxygen atoms in total. The number of aliphatic hydroxyl groups is 1. The number of benzene rings is 1. The van der Waals surface area contributed by atoms with Crippen molar-refractivity contribution in [1.82, 2.24) is 0 Å². The molecular formula is C15H20ClFO. The molecule has 0 radical (unpaired) electrons. The third-order valence-electron chi connectivity index (χ3n) is 4.46. The van der Waals surface area contributed by atoms with Crippen LogP contribution in [0.4, 0.5) is 4.39 Å². The Hall–Kier alpha value is -0.600. The van der Waals surface area contributed by atoms with Crippen LogP contribution >= 0.6 is 11.6 Å². The number of hydrogen-bond donors (Lipinski definition) is 1. The first-order chi connectivity index (χ1) is 8.42. The van der Waals surface area contributed by atoms with E-state index >= 15 is 0 Å². The molecule has 0 heterocycles. The summed E-state index contributed by atoms with van der Waals surface area (Å²) in [6, 6.07) is 4.71. The van der Waals surface area contributed by atoms with E-state index in [1.807, 2.05) is 0 Å². The first-order valence-electron chi connectivity index (χ1n) is 6.59. The summed E-state index contributed by atoms with van der Waals surface area (Å²) in [6.45, 7) is 4.29. The largest absolute Gasteiger partial charge is 0.389 e. The molecule has 1 N–H and O–H groups in total. The highest BCUT2D eigenvalue weighted by Crippen LogP contribution is 2.39. The van der Waals surface area contributed by atoms with Crippen LogP contribution in [0.3, 0.4) is 0 Å². The normalized spacial score (nSPS) is 32.5. The fourth-order valence-electron chi connectivity index (χ4n) is 2.99. The third-order valence-corrected chi connectivity index (χ3v) is 4.75. The topological polar surface area (TPSA) is 20.2 Å². The molecule has 100 valence electrons. The molecule has 0 aliphatic heterocycles. The Labute approximate surface area is 113 Å². The summed E-state index contributed by atoms with van der Waals surface area (Å²) in [7, 11) is 0. The molecule has 1 aliphatic rings. The summed E-state index contributed by atoms with van der Waals surface area (Å²) in [5, 5.41) is 10.9. The monoisotopic (exact) mass is 270 g/mol. The van der Waals surface area contributed by atoms with Crippen LogP contribution in [-0.4, -0.2) is 10.7 Å². The Balaban J connectivity index is 2.18. The van der Waals surface area contributed by atoms with Gasteiger partial charge in [-0.3, -0.25) is 0 Å². The predicted octanol–water partition coefficient (Wildman–Crippen LogP) is 4.21. The maximum Gasteiger partial charge on any atom is 0.141 e. The minimum Gasteiger partial charge on any atom is -0.389 e. The number of hydrogen-bond acceptors (Lipinski definition) is 1. The van der Waals surface area contributed by atoms with E-state index < -0.39 is 11.4 Å². The van der Waals surface area contributed by atoms with Gasteiger partial charge in [0.25, 0.3) is 0 Å². The van der Waals surface area contributed by atoms with Crippen LogP contribution in [0.15, 0.2) is 18.2 Å². The third kappa shape index (κ3) is 2.70. The van der Waals surface area contributed by atoms with Gasteiger partial charge in [0.15, 0.2) is 0 Å². The van der Waals surface area contributed by atoms with E-state index in [2.05, 4.69) is 13.8 Å². The van der Waals surface area contributed by atoms with E-state index in [1.165, 1.54) is 12.5 Å². The van der Waals surface area contributed by atoms with Crippen LogP contribution in [0.5, 0.6) is 0 Å². The molecule has 1 aromatic carbocycles. The smallest absolute Gasteiger partial charge is 0.141 e. The van der Waals surface area contributed by atoms with Gasteiger partial charge in [-0.2, -0.15) is 0 Å². The second kappa shape index (κ2) is 5.18. The molecule has 1 fully saturated rings. The molecular weight excluding hydrogens is 251 g/mol. The molecule has 3 atom stereocenters. The Bertz CT molecular complexity index is 435. The average molecular weight is 271 g/mol. The van der Waals surface area contributed by atoms with Gasteiger partial charge in [-0.05, 0) is 36.0 Å². The zero-order valence-electron chi connectivity index (χ0n) is 10.9. The van der Waals surface area contributed by atoms with E-state index in [1.54, 1.807) is 12.1 Å². The minimum absolute atomic E-state index is 0.132. The highest BCUT2D eigenvalue weighted by Gasteiger charge is 2.39. The van der Waals surface area contributed by atoms with Crippen molar-refractivity contribution >= 4 is 11.6 Å². The lowest BCUT2D eigenvalue weighted by Gasteiger charge is -2.42. The Morgan fingerprint density at radius 2 is 2.17 bits per heavy atom.